The van der Waals surface area contributed by atoms with Gasteiger partial charge in [-0.05, 0) is 60.6 Å². The predicted octanol–water partition coefficient (Wildman–Crippen LogP) is 5.59. The van der Waals surface area contributed by atoms with E-state index in [0.29, 0.717) is 11.5 Å². The largest absolute Gasteiger partial charge is 0.298 e. The van der Waals surface area contributed by atoms with Crippen LogP contribution in [-0.2, 0) is 0 Å². The number of hydrogen-bond acceptors (Lipinski definition) is 3. The summed E-state index contributed by atoms with van der Waals surface area (Å²) in [4.78, 5) is 22.3. The molecule has 2 aliphatic carbocycles. The molecule has 0 spiro atoms. The van der Waals surface area contributed by atoms with Gasteiger partial charge in [-0.3, -0.25) is 4.79 Å². The molecule has 0 aliphatic heterocycles. The average Bonchev–Trinajstić information content (AvgIpc) is 2.76. The topological polar surface area (TPSA) is 46.5 Å². The van der Waals surface area contributed by atoms with E-state index in [9.17, 15) is 9.70 Å². The lowest BCUT2D eigenvalue weighted by molar-refractivity contribution is 0.112. The van der Waals surface area contributed by atoms with Gasteiger partial charge in [0.05, 0.1) is 0 Å². The SMILES string of the molecule is Cc1ccc(C(C)C)cc2c(C=CC(C)(C)N=O)cc(C=O)c1-2. The minimum atomic E-state index is -0.766. The molecule has 0 radical (unpaired) electrons. The van der Waals surface area contributed by atoms with Gasteiger partial charge in [0.1, 0.15) is 5.54 Å². The van der Waals surface area contributed by atoms with Gasteiger partial charge < -0.3 is 0 Å². The highest BCUT2D eigenvalue weighted by Crippen LogP contribution is 2.36. The van der Waals surface area contributed by atoms with E-state index in [1.54, 1.807) is 19.9 Å². The van der Waals surface area contributed by atoms with Gasteiger partial charge in [-0.2, -0.15) is 0 Å². The summed E-state index contributed by atoms with van der Waals surface area (Å²) in [6.07, 6.45) is 4.56. The molecule has 0 aromatic carbocycles. The zero-order valence-corrected chi connectivity index (χ0v) is 14.4. The fourth-order valence-corrected chi connectivity index (χ4v) is 2.65. The maximum atomic E-state index is 11.5. The van der Waals surface area contributed by atoms with Gasteiger partial charge in [0.15, 0.2) is 6.29 Å². The third-order valence-electron chi connectivity index (χ3n) is 4.11. The number of hydrogen-bond donors (Lipinski definition) is 0. The van der Waals surface area contributed by atoms with Crippen LogP contribution in [0.5, 0.6) is 0 Å². The number of carbonyl (C=O) groups excluding carboxylic acids is 1. The van der Waals surface area contributed by atoms with Crippen molar-refractivity contribution in [3.8, 4) is 11.1 Å². The van der Waals surface area contributed by atoms with Crippen LogP contribution in [0.25, 0.3) is 17.2 Å². The monoisotopic (exact) mass is 309 g/mol. The summed E-state index contributed by atoms with van der Waals surface area (Å²) >= 11 is 0. The Bertz CT molecular complexity index is 742. The van der Waals surface area contributed by atoms with E-state index >= 15 is 0 Å². The molecule has 2 aliphatic rings. The normalized spacial score (nSPS) is 12.3. The van der Waals surface area contributed by atoms with E-state index in [0.717, 1.165) is 28.5 Å². The van der Waals surface area contributed by atoms with E-state index in [1.165, 1.54) is 5.56 Å². The average molecular weight is 309 g/mol. The van der Waals surface area contributed by atoms with Gasteiger partial charge in [-0.1, -0.05) is 49.4 Å². The van der Waals surface area contributed by atoms with E-state index in [2.05, 4.69) is 37.2 Å². The van der Waals surface area contributed by atoms with Crippen LogP contribution in [-0.4, -0.2) is 11.8 Å². The van der Waals surface area contributed by atoms with E-state index in [1.807, 2.05) is 19.1 Å². The molecule has 0 N–H and O–H groups in total. The van der Waals surface area contributed by atoms with Crippen molar-refractivity contribution < 1.29 is 4.79 Å². The highest BCUT2D eigenvalue weighted by Gasteiger charge is 2.18. The molecule has 120 valence electrons. The first-order valence-corrected chi connectivity index (χ1v) is 7.85. The Morgan fingerprint density at radius 3 is 2.39 bits per heavy atom. The first kappa shape index (κ1) is 17.1. The van der Waals surface area contributed by atoms with Crippen molar-refractivity contribution >= 4 is 12.4 Å². The van der Waals surface area contributed by atoms with E-state index in [4.69, 9.17) is 0 Å². The van der Waals surface area contributed by atoms with Crippen molar-refractivity contribution in [2.75, 3.05) is 0 Å². The molecule has 0 aromatic heterocycles. The molecule has 0 saturated carbocycles. The number of rotatable bonds is 5. The highest BCUT2D eigenvalue weighted by atomic mass is 16.3. The van der Waals surface area contributed by atoms with Crippen molar-refractivity contribution in [2.45, 2.75) is 46.1 Å². The van der Waals surface area contributed by atoms with E-state index in [-0.39, 0.29) is 0 Å². The van der Waals surface area contributed by atoms with Crippen molar-refractivity contribution in [1.29, 1.82) is 0 Å². The van der Waals surface area contributed by atoms with Crippen LogP contribution in [0.3, 0.4) is 0 Å². The zero-order chi connectivity index (χ0) is 17.2. The molecule has 0 heterocycles. The molecule has 23 heavy (non-hydrogen) atoms. The van der Waals surface area contributed by atoms with Crippen LogP contribution in [0.2, 0.25) is 0 Å². The van der Waals surface area contributed by atoms with Crippen LogP contribution in [0.1, 0.15) is 60.7 Å². The number of nitroso groups, excluding NO2 is 1. The molecular weight excluding hydrogens is 286 g/mol. The predicted molar refractivity (Wildman–Crippen MR) is 96.2 cm³/mol. The molecule has 0 saturated heterocycles. The third kappa shape index (κ3) is 3.55. The minimum absolute atomic E-state index is 0.393. The number of fused-ring (bicyclic) bond motifs is 1. The second-order valence-electron chi connectivity index (χ2n) is 6.86. The fourth-order valence-electron chi connectivity index (χ4n) is 2.65. The highest BCUT2D eigenvalue weighted by molar-refractivity contribution is 5.96. The quantitative estimate of drug-likeness (QED) is 0.533. The van der Waals surface area contributed by atoms with Gasteiger partial charge in [0.25, 0.3) is 0 Å². The van der Waals surface area contributed by atoms with Crippen LogP contribution < -0.4 is 0 Å². The Labute approximate surface area is 137 Å². The number of aryl methyl sites for hydroxylation is 1. The summed E-state index contributed by atoms with van der Waals surface area (Å²) in [5, 5.41) is 3.11. The van der Waals surface area contributed by atoms with Crippen LogP contribution in [0.15, 0.2) is 35.5 Å². The Kier molecular flexibility index (Phi) is 4.79. The van der Waals surface area contributed by atoms with Gasteiger partial charge >= 0.3 is 0 Å². The summed E-state index contributed by atoms with van der Waals surface area (Å²) in [6.45, 7) is 9.83. The van der Waals surface area contributed by atoms with Gasteiger partial charge in [-0.15, -0.1) is 4.91 Å². The van der Waals surface area contributed by atoms with Crippen molar-refractivity contribution in [3.63, 3.8) is 0 Å². The lowest BCUT2D eigenvalue weighted by Crippen LogP contribution is -2.10. The maximum absolute atomic E-state index is 11.5. The first-order valence-electron chi connectivity index (χ1n) is 7.85. The summed E-state index contributed by atoms with van der Waals surface area (Å²) < 4.78 is 0. The Morgan fingerprint density at radius 1 is 1.13 bits per heavy atom. The third-order valence-corrected chi connectivity index (χ3v) is 4.11. The van der Waals surface area contributed by atoms with Crippen molar-refractivity contribution in [1.82, 2.24) is 0 Å². The molecule has 0 aromatic rings. The number of carbonyl (C=O) groups is 1. The smallest absolute Gasteiger partial charge is 0.150 e. The Hall–Kier alpha value is -2.29. The summed E-state index contributed by atoms with van der Waals surface area (Å²) in [7, 11) is 0. The van der Waals surface area contributed by atoms with Crippen LogP contribution in [0.4, 0.5) is 0 Å². The van der Waals surface area contributed by atoms with E-state index < -0.39 is 5.54 Å². The van der Waals surface area contributed by atoms with Gasteiger partial charge in [0, 0.05) is 5.56 Å². The zero-order valence-electron chi connectivity index (χ0n) is 14.4. The van der Waals surface area contributed by atoms with Gasteiger partial charge in [0.2, 0.25) is 0 Å². The Balaban J connectivity index is 2.70. The van der Waals surface area contributed by atoms with Gasteiger partial charge in [-0.25, -0.2) is 0 Å². The molecule has 3 heteroatoms. The molecule has 3 nitrogen and oxygen atoms in total. The molecular formula is C20H23NO2. The molecule has 0 atom stereocenters. The minimum Gasteiger partial charge on any atom is -0.298 e. The lowest BCUT2D eigenvalue weighted by atomic mass is 9.99. The lowest BCUT2D eigenvalue weighted by Gasteiger charge is -2.08. The second kappa shape index (κ2) is 6.45. The summed E-state index contributed by atoms with van der Waals surface area (Å²) in [5.41, 5.74) is 5.16. The van der Waals surface area contributed by atoms with Crippen molar-refractivity contribution in [2.24, 2.45) is 5.18 Å². The standard InChI is InChI=1S/C20H23NO2/c1-13(2)15-7-6-14(3)19-17(12-22)10-16(18(19)11-15)8-9-20(4,5)21-23/h6-13H,1-5H3. The van der Waals surface area contributed by atoms with Crippen LogP contribution in [0, 0.1) is 11.8 Å². The molecule has 0 bridgehead atoms. The molecule has 0 fully saturated rings. The first-order chi connectivity index (χ1) is 10.8. The molecule has 2 rings (SSSR count). The Morgan fingerprint density at radius 2 is 1.83 bits per heavy atom. The summed E-state index contributed by atoms with van der Waals surface area (Å²) in [6, 6.07) is 8.20. The number of aldehydes is 1. The second-order valence-corrected chi connectivity index (χ2v) is 6.86. The summed E-state index contributed by atoms with van der Waals surface area (Å²) in [5.74, 6) is 0.393. The maximum Gasteiger partial charge on any atom is 0.150 e. The van der Waals surface area contributed by atoms with Crippen molar-refractivity contribution in [3.05, 3.63) is 57.5 Å². The van der Waals surface area contributed by atoms with Crippen LogP contribution >= 0.6 is 0 Å². The molecule has 0 unspecified atom stereocenters. The number of nitrogens with zero attached hydrogens (tertiary/aromatic N) is 1. The molecule has 0 amide bonds. The fraction of sp³-hybridized carbons (Fsp3) is 0.350.